The van der Waals surface area contributed by atoms with Gasteiger partial charge in [0.05, 0.1) is 11.5 Å². The van der Waals surface area contributed by atoms with Gasteiger partial charge in [-0.3, -0.25) is 0 Å². The Morgan fingerprint density at radius 2 is 2.27 bits per heavy atom. The van der Waals surface area contributed by atoms with Crippen LogP contribution in [0.3, 0.4) is 0 Å². The Morgan fingerprint density at radius 1 is 1.55 bits per heavy atom. The van der Waals surface area contributed by atoms with Crippen molar-refractivity contribution in [2.45, 2.75) is 19.3 Å². The molecule has 2 nitrogen and oxygen atoms in total. The Bertz CT molecular complexity index is 200. The third kappa shape index (κ3) is 1.04. The molecule has 0 radical (unpaired) electrons. The van der Waals surface area contributed by atoms with Gasteiger partial charge in [0.1, 0.15) is 0 Å². The van der Waals surface area contributed by atoms with Gasteiger partial charge in [-0.15, -0.1) is 0 Å². The van der Waals surface area contributed by atoms with E-state index in [1.165, 1.54) is 13.0 Å². The molecule has 11 heavy (non-hydrogen) atoms. The fraction of sp³-hybridized carbons (Fsp3) is 0.889. The molecule has 0 aromatic carbocycles. The van der Waals surface area contributed by atoms with Gasteiger partial charge in [0.2, 0.25) is 0 Å². The molecule has 1 unspecified atom stereocenters. The van der Waals surface area contributed by atoms with Crippen LogP contribution in [0, 0.1) is 22.7 Å². The second kappa shape index (κ2) is 2.22. The van der Waals surface area contributed by atoms with Crippen LogP contribution in [0.2, 0.25) is 0 Å². The van der Waals surface area contributed by atoms with E-state index < -0.39 is 0 Å². The number of nitrogens with zero attached hydrogens (tertiary/aromatic N) is 2. The van der Waals surface area contributed by atoms with Gasteiger partial charge in [-0.05, 0) is 38.8 Å². The summed E-state index contributed by atoms with van der Waals surface area (Å²) < 4.78 is 0. The quantitative estimate of drug-likeness (QED) is 0.562. The van der Waals surface area contributed by atoms with Gasteiger partial charge in [0, 0.05) is 6.54 Å². The number of rotatable bonds is 1. The SMILES string of the molecule is CN1CCC(C2(C#N)CC2)C1. The molecule has 1 saturated carbocycles. The van der Waals surface area contributed by atoms with E-state index in [1.807, 2.05) is 0 Å². The van der Waals surface area contributed by atoms with Crippen LogP contribution in [-0.4, -0.2) is 25.0 Å². The Labute approximate surface area is 67.8 Å². The van der Waals surface area contributed by atoms with E-state index in [9.17, 15) is 0 Å². The summed E-state index contributed by atoms with van der Waals surface area (Å²) >= 11 is 0. The van der Waals surface area contributed by atoms with E-state index in [0.717, 1.165) is 19.4 Å². The van der Waals surface area contributed by atoms with Crippen LogP contribution >= 0.6 is 0 Å². The van der Waals surface area contributed by atoms with E-state index in [4.69, 9.17) is 5.26 Å². The summed E-state index contributed by atoms with van der Waals surface area (Å²) in [7, 11) is 2.15. The van der Waals surface area contributed by atoms with E-state index in [1.54, 1.807) is 0 Å². The molecule has 0 aromatic rings. The molecule has 1 atom stereocenters. The number of nitriles is 1. The molecular formula is C9H14N2. The maximum absolute atomic E-state index is 8.93. The average Bonchev–Trinajstić information content (AvgIpc) is 2.70. The molecule has 0 spiro atoms. The molecule has 2 fully saturated rings. The highest BCUT2D eigenvalue weighted by Gasteiger charge is 2.51. The summed E-state index contributed by atoms with van der Waals surface area (Å²) in [4.78, 5) is 2.34. The first-order chi connectivity index (χ1) is 5.27. The van der Waals surface area contributed by atoms with Crippen molar-refractivity contribution in [3.63, 3.8) is 0 Å². The zero-order valence-corrected chi connectivity index (χ0v) is 7.01. The fourth-order valence-electron chi connectivity index (χ4n) is 2.13. The van der Waals surface area contributed by atoms with Crippen molar-refractivity contribution in [3.05, 3.63) is 0 Å². The number of hydrogen-bond acceptors (Lipinski definition) is 2. The highest BCUT2D eigenvalue weighted by atomic mass is 15.1. The van der Waals surface area contributed by atoms with Crippen molar-refractivity contribution in [2.24, 2.45) is 11.3 Å². The van der Waals surface area contributed by atoms with Gasteiger partial charge in [0.15, 0.2) is 0 Å². The minimum absolute atomic E-state index is 0.116. The van der Waals surface area contributed by atoms with Gasteiger partial charge in [0.25, 0.3) is 0 Å². The molecule has 0 N–H and O–H groups in total. The molecule has 2 heteroatoms. The molecule has 0 aromatic heterocycles. The van der Waals surface area contributed by atoms with Crippen molar-refractivity contribution in [2.75, 3.05) is 20.1 Å². The summed E-state index contributed by atoms with van der Waals surface area (Å²) in [5, 5.41) is 8.93. The second-order valence-corrected chi connectivity index (χ2v) is 4.02. The van der Waals surface area contributed by atoms with Crippen molar-refractivity contribution >= 4 is 0 Å². The summed E-state index contributed by atoms with van der Waals surface area (Å²) in [6.07, 6.45) is 3.55. The van der Waals surface area contributed by atoms with E-state index >= 15 is 0 Å². The lowest BCUT2D eigenvalue weighted by Crippen LogP contribution is -2.19. The summed E-state index contributed by atoms with van der Waals surface area (Å²) in [5.74, 6) is 0.678. The summed E-state index contributed by atoms with van der Waals surface area (Å²) in [5.41, 5.74) is 0.116. The minimum Gasteiger partial charge on any atom is -0.306 e. The molecule has 1 aliphatic heterocycles. The molecule has 2 rings (SSSR count). The van der Waals surface area contributed by atoms with Crippen molar-refractivity contribution in [1.29, 1.82) is 5.26 Å². The Morgan fingerprint density at radius 3 is 2.64 bits per heavy atom. The van der Waals surface area contributed by atoms with E-state index in [-0.39, 0.29) is 5.41 Å². The first-order valence-corrected chi connectivity index (χ1v) is 4.37. The first kappa shape index (κ1) is 7.12. The second-order valence-electron chi connectivity index (χ2n) is 4.02. The highest BCUT2D eigenvalue weighted by Crippen LogP contribution is 2.53. The van der Waals surface area contributed by atoms with Crippen LogP contribution in [0.15, 0.2) is 0 Å². The minimum atomic E-state index is 0.116. The Kier molecular flexibility index (Phi) is 1.43. The normalized spacial score (nSPS) is 35.1. The van der Waals surface area contributed by atoms with Crippen LogP contribution in [-0.2, 0) is 0 Å². The highest BCUT2D eigenvalue weighted by molar-refractivity contribution is 5.14. The number of likely N-dealkylation sites (tertiary alicyclic amines) is 1. The topological polar surface area (TPSA) is 27.0 Å². The van der Waals surface area contributed by atoms with Crippen LogP contribution in [0.5, 0.6) is 0 Å². The lowest BCUT2D eigenvalue weighted by molar-refractivity contribution is 0.350. The lowest BCUT2D eigenvalue weighted by atomic mass is 9.90. The zero-order valence-electron chi connectivity index (χ0n) is 7.01. The standard InChI is InChI=1S/C9H14N2/c1-11-5-2-8(6-11)9(7-10)3-4-9/h8H,2-6H2,1H3. The number of hydrogen-bond donors (Lipinski definition) is 0. The van der Waals surface area contributed by atoms with Crippen LogP contribution in [0.1, 0.15) is 19.3 Å². The third-order valence-corrected chi connectivity index (χ3v) is 3.18. The van der Waals surface area contributed by atoms with Gasteiger partial charge in [-0.1, -0.05) is 0 Å². The third-order valence-electron chi connectivity index (χ3n) is 3.18. The first-order valence-electron chi connectivity index (χ1n) is 4.37. The molecule has 0 amide bonds. The lowest BCUT2D eigenvalue weighted by Gasteiger charge is -2.14. The summed E-state index contributed by atoms with van der Waals surface area (Å²) in [6.45, 7) is 2.33. The van der Waals surface area contributed by atoms with Crippen molar-refractivity contribution in [1.82, 2.24) is 4.90 Å². The molecule has 60 valence electrons. The summed E-state index contributed by atoms with van der Waals surface area (Å²) in [6, 6.07) is 2.49. The van der Waals surface area contributed by atoms with Crippen LogP contribution in [0.4, 0.5) is 0 Å². The van der Waals surface area contributed by atoms with Gasteiger partial charge in [-0.25, -0.2) is 0 Å². The van der Waals surface area contributed by atoms with Gasteiger partial charge >= 0.3 is 0 Å². The molecule has 1 aliphatic carbocycles. The molecule has 1 heterocycles. The average molecular weight is 150 g/mol. The van der Waals surface area contributed by atoms with Crippen LogP contribution < -0.4 is 0 Å². The smallest absolute Gasteiger partial charge is 0.0693 e. The molecular weight excluding hydrogens is 136 g/mol. The van der Waals surface area contributed by atoms with Gasteiger partial charge in [-0.2, -0.15) is 5.26 Å². The predicted molar refractivity (Wildman–Crippen MR) is 42.9 cm³/mol. The maximum Gasteiger partial charge on any atom is 0.0693 e. The monoisotopic (exact) mass is 150 g/mol. The molecule has 2 aliphatic rings. The van der Waals surface area contributed by atoms with E-state index in [0.29, 0.717) is 5.92 Å². The van der Waals surface area contributed by atoms with Crippen molar-refractivity contribution < 1.29 is 0 Å². The zero-order chi connectivity index (χ0) is 7.90. The maximum atomic E-state index is 8.93. The predicted octanol–water partition coefficient (Wildman–Crippen LogP) is 1.24. The van der Waals surface area contributed by atoms with Crippen molar-refractivity contribution in [3.8, 4) is 6.07 Å². The van der Waals surface area contributed by atoms with E-state index in [2.05, 4.69) is 18.0 Å². The molecule has 1 saturated heterocycles. The largest absolute Gasteiger partial charge is 0.306 e. The van der Waals surface area contributed by atoms with Crippen LogP contribution in [0.25, 0.3) is 0 Å². The fourth-order valence-corrected chi connectivity index (χ4v) is 2.13. The molecule has 0 bridgehead atoms. The Balaban J connectivity index is 2.02. The Hall–Kier alpha value is -0.550. The van der Waals surface area contributed by atoms with Gasteiger partial charge < -0.3 is 4.90 Å².